The van der Waals surface area contributed by atoms with Gasteiger partial charge < -0.3 is 9.47 Å². The summed E-state index contributed by atoms with van der Waals surface area (Å²) < 4.78 is 9.69. The highest BCUT2D eigenvalue weighted by atomic mass is 32.1. The SMILES string of the molecule is COC(=O)c1csc(-c2cc(OC)ccn2)n1. The first-order valence-corrected chi connectivity index (χ1v) is 5.67. The lowest BCUT2D eigenvalue weighted by atomic mass is 10.3. The smallest absolute Gasteiger partial charge is 0.357 e. The Hall–Kier alpha value is -1.95. The molecule has 88 valence electrons. The Kier molecular flexibility index (Phi) is 3.34. The molecule has 5 nitrogen and oxygen atoms in total. The molecule has 0 radical (unpaired) electrons. The maximum absolute atomic E-state index is 11.3. The van der Waals surface area contributed by atoms with Gasteiger partial charge in [0, 0.05) is 17.6 Å². The highest BCUT2D eigenvalue weighted by Gasteiger charge is 2.12. The maximum Gasteiger partial charge on any atom is 0.357 e. The van der Waals surface area contributed by atoms with Crippen molar-refractivity contribution in [2.75, 3.05) is 14.2 Å². The summed E-state index contributed by atoms with van der Waals surface area (Å²) in [5, 5.41) is 2.30. The van der Waals surface area contributed by atoms with Crippen molar-refractivity contribution in [2.24, 2.45) is 0 Å². The van der Waals surface area contributed by atoms with Crippen LogP contribution in [0.3, 0.4) is 0 Å². The number of methoxy groups -OCH3 is 2. The lowest BCUT2D eigenvalue weighted by Gasteiger charge is -2.00. The number of carbonyl (C=O) groups excluding carboxylic acids is 1. The van der Waals surface area contributed by atoms with Gasteiger partial charge in [0.2, 0.25) is 0 Å². The Labute approximate surface area is 102 Å². The van der Waals surface area contributed by atoms with Gasteiger partial charge in [0.1, 0.15) is 16.5 Å². The lowest BCUT2D eigenvalue weighted by Crippen LogP contribution is -2.01. The molecule has 0 saturated carbocycles. The first-order valence-electron chi connectivity index (χ1n) is 4.79. The average Bonchev–Trinajstić information content (AvgIpc) is 2.87. The predicted octanol–water partition coefficient (Wildman–Crippen LogP) is 2.00. The zero-order chi connectivity index (χ0) is 12.3. The van der Waals surface area contributed by atoms with Gasteiger partial charge in [-0.25, -0.2) is 9.78 Å². The Morgan fingerprint density at radius 3 is 2.94 bits per heavy atom. The van der Waals surface area contributed by atoms with Gasteiger partial charge in [-0.1, -0.05) is 0 Å². The number of hydrogen-bond donors (Lipinski definition) is 0. The van der Waals surface area contributed by atoms with Crippen LogP contribution in [-0.2, 0) is 4.74 Å². The number of carbonyl (C=O) groups is 1. The van der Waals surface area contributed by atoms with E-state index in [9.17, 15) is 4.79 Å². The molecule has 0 spiro atoms. The first kappa shape index (κ1) is 11.5. The minimum atomic E-state index is -0.449. The molecule has 2 heterocycles. The van der Waals surface area contributed by atoms with Crippen molar-refractivity contribution in [1.82, 2.24) is 9.97 Å². The van der Waals surface area contributed by atoms with Crippen LogP contribution in [0.15, 0.2) is 23.7 Å². The quantitative estimate of drug-likeness (QED) is 0.780. The minimum absolute atomic E-state index is 0.289. The fourth-order valence-corrected chi connectivity index (χ4v) is 2.00. The molecule has 0 fully saturated rings. The normalized spacial score (nSPS) is 10.0. The average molecular weight is 250 g/mol. The summed E-state index contributed by atoms with van der Waals surface area (Å²) in [6.07, 6.45) is 1.63. The van der Waals surface area contributed by atoms with Crippen molar-refractivity contribution in [3.63, 3.8) is 0 Å². The van der Waals surface area contributed by atoms with Crippen LogP contribution in [0.5, 0.6) is 5.75 Å². The Balaban J connectivity index is 2.33. The minimum Gasteiger partial charge on any atom is -0.497 e. The van der Waals surface area contributed by atoms with Crippen LogP contribution in [0.2, 0.25) is 0 Å². The molecule has 0 aliphatic carbocycles. The molecule has 0 atom stereocenters. The Morgan fingerprint density at radius 1 is 1.41 bits per heavy atom. The van der Waals surface area contributed by atoms with E-state index in [1.54, 1.807) is 30.8 Å². The van der Waals surface area contributed by atoms with Crippen molar-refractivity contribution in [3.05, 3.63) is 29.4 Å². The number of esters is 1. The maximum atomic E-state index is 11.3. The molecule has 0 amide bonds. The number of thiazole rings is 1. The summed E-state index contributed by atoms with van der Waals surface area (Å²) >= 11 is 1.34. The van der Waals surface area contributed by atoms with E-state index in [-0.39, 0.29) is 5.69 Å². The van der Waals surface area contributed by atoms with Crippen LogP contribution in [0.4, 0.5) is 0 Å². The number of pyridine rings is 1. The Morgan fingerprint density at radius 2 is 2.24 bits per heavy atom. The van der Waals surface area contributed by atoms with Crippen molar-refractivity contribution in [1.29, 1.82) is 0 Å². The van der Waals surface area contributed by atoms with E-state index in [1.807, 2.05) is 0 Å². The van der Waals surface area contributed by atoms with Crippen LogP contribution in [-0.4, -0.2) is 30.2 Å². The summed E-state index contributed by atoms with van der Waals surface area (Å²) in [6, 6.07) is 3.51. The summed E-state index contributed by atoms with van der Waals surface area (Å²) in [7, 11) is 2.91. The van der Waals surface area contributed by atoms with E-state index < -0.39 is 5.97 Å². The molecular weight excluding hydrogens is 240 g/mol. The Bertz CT molecular complexity index is 539. The van der Waals surface area contributed by atoms with Crippen LogP contribution in [0.1, 0.15) is 10.5 Å². The zero-order valence-electron chi connectivity index (χ0n) is 9.34. The molecule has 2 aromatic rings. The molecule has 0 N–H and O–H groups in total. The van der Waals surface area contributed by atoms with E-state index in [0.29, 0.717) is 16.5 Å². The first-order chi connectivity index (χ1) is 8.24. The molecule has 2 rings (SSSR count). The second-order valence-electron chi connectivity index (χ2n) is 3.11. The molecule has 2 aromatic heterocycles. The van der Waals surface area contributed by atoms with Crippen LogP contribution >= 0.6 is 11.3 Å². The van der Waals surface area contributed by atoms with Gasteiger partial charge in [0.15, 0.2) is 5.69 Å². The zero-order valence-corrected chi connectivity index (χ0v) is 10.2. The van der Waals surface area contributed by atoms with Gasteiger partial charge >= 0.3 is 5.97 Å². The number of nitrogens with zero attached hydrogens (tertiary/aromatic N) is 2. The summed E-state index contributed by atoms with van der Waals surface area (Å²) in [4.78, 5) is 19.6. The third-order valence-corrected chi connectivity index (χ3v) is 2.95. The van der Waals surface area contributed by atoms with Crippen molar-refractivity contribution < 1.29 is 14.3 Å². The largest absolute Gasteiger partial charge is 0.497 e. The second-order valence-corrected chi connectivity index (χ2v) is 3.97. The van der Waals surface area contributed by atoms with E-state index in [1.165, 1.54) is 18.4 Å². The molecule has 17 heavy (non-hydrogen) atoms. The van der Waals surface area contributed by atoms with E-state index in [0.717, 1.165) is 0 Å². The van der Waals surface area contributed by atoms with Gasteiger partial charge in [0.05, 0.1) is 14.2 Å². The number of rotatable bonds is 3. The molecule has 0 bridgehead atoms. The standard InChI is InChI=1S/C11H10N2O3S/c1-15-7-3-4-12-8(5-7)10-13-9(6-17-10)11(14)16-2/h3-6H,1-2H3. The highest BCUT2D eigenvalue weighted by Crippen LogP contribution is 2.24. The van der Waals surface area contributed by atoms with Crippen LogP contribution in [0, 0.1) is 0 Å². The number of ether oxygens (including phenoxy) is 2. The molecule has 0 aromatic carbocycles. The third kappa shape index (κ3) is 2.42. The van der Waals surface area contributed by atoms with Crippen molar-refractivity contribution in [3.8, 4) is 16.5 Å². The van der Waals surface area contributed by atoms with E-state index >= 15 is 0 Å². The summed E-state index contributed by atoms with van der Waals surface area (Å²) in [6.45, 7) is 0. The van der Waals surface area contributed by atoms with Crippen LogP contribution < -0.4 is 4.74 Å². The molecule has 0 saturated heterocycles. The number of aromatic nitrogens is 2. The van der Waals surface area contributed by atoms with Crippen molar-refractivity contribution in [2.45, 2.75) is 0 Å². The number of hydrogen-bond acceptors (Lipinski definition) is 6. The highest BCUT2D eigenvalue weighted by molar-refractivity contribution is 7.13. The topological polar surface area (TPSA) is 61.3 Å². The predicted molar refractivity (Wildman–Crippen MR) is 63.2 cm³/mol. The van der Waals surface area contributed by atoms with E-state index in [4.69, 9.17) is 4.74 Å². The van der Waals surface area contributed by atoms with Gasteiger partial charge in [-0.3, -0.25) is 4.98 Å². The fraction of sp³-hybridized carbons (Fsp3) is 0.182. The molecular formula is C11H10N2O3S. The van der Waals surface area contributed by atoms with Gasteiger partial charge in [-0.05, 0) is 6.07 Å². The van der Waals surface area contributed by atoms with Gasteiger partial charge in [0.25, 0.3) is 0 Å². The summed E-state index contributed by atoms with van der Waals surface area (Å²) in [5.41, 5.74) is 0.960. The fourth-order valence-electron chi connectivity index (χ4n) is 1.24. The molecule has 6 heteroatoms. The second kappa shape index (κ2) is 4.92. The molecule has 0 unspecified atom stereocenters. The lowest BCUT2D eigenvalue weighted by molar-refractivity contribution is 0.0595. The van der Waals surface area contributed by atoms with Crippen LogP contribution in [0.25, 0.3) is 10.7 Å². The summed E-state index contributed by atoms with van der Waals surface area (Å²) in [5.74, 6) is 0.250. The monoisotopic (exact) mass is 250 g/mol. The molecule has 0 aliphatic heterocycles. The van der Waals surface area contributed by atoms with Crippen molar-refractivity contribution >= 4 is 17.3 Å². The van der Waals surface area contributed by atoms with Gasteiger partial charge in [-0.15, -0.1) is 11.3 Å². The van der Waals surface area contributed by atoms with Gasteiger partial charge in [-0.2, -0.15) is 0 Å². The van der Waals surface area contributed by atoms with E-state index in [2.05, 4.69) is 14.7 Å². The molecule has 0 aliphatic rings. The third-order valence-electron chi connectivity index (χ3n) is 2.08.